The van der Waals surface area contributed by atoms with E-state index in [0.717, 1.165) is 18.4 Å². The summed E-state index contributed by atoms with van der Waals surface area (Å²) < 4.78 is 26.4. The zero-order valence-corrected chi connectivity index (χ0v) is 12.1. The molecule has 1 heterocycles. The van der Waals surface area contributed by atoms with Gasteiger partial charge in [-0.1, -0.05) is 30.3 Å². The zero-order chi connectivity index (χ0) is 13.9. The summed E-state index contributed by atoms with van der Waals surface area (Å²) >= 11 is 0. The van der Waals surface area contributed by atoms with Crippen LogP contribution >= 0.6 is 0 Å². The van der Waals surface area contributed by atoms with Crippen LogP contribution in [0, 0.1) is 5.92 Å². The van der Waals surface area contributed by atoms with Crippen LogP contribution in [0.4, 0.5) is 0 Å². The van der Waals surface area contributed by atoms with Crippen LogP contribution in [-0.4, -0.2) is 31.9 Å². The van der Waals surface area contributed by atoms with Gasteiger partial charge in [0.1, 0.15) is 0 Å². The molecule has 2 N–H and O–H groups in total. The second-order valence-electron chi connectivity index (χ2n) is 5.36. The lowest BCUT2D eigenvalue weighted by atomic mass is 9.93. The summed E-state index contributed by atoms with van der Waals surface area (Å²) in [5.41, 5.74) is 6.74. The van der Waals surface area contributed by atoms with Crippen LogP contribution in [0.2, 0.25) is 0 Å². The highest BCUT2D eigenvalue weighted by Gasteiger charge is 2.30. The van der Waals surface area contributed by atoms with Gasteiger partial charge in [0, 0.05) is 19.1 Å². The summed E-state index contributed by atoms with van der Waals surface area (Å²) in [5, 5.41) is 0. The van der Waals surface area contributed by atoms with Gasteiger partial charge in [0.2, 0.25) is 10.0 Å². The Kier molecular flexibility index (Phi) is 4.60. The molecule has 19 heavy (non-hydrogen) atoms. The lowest BCUT2D eigenvalue weighted by molar-refractivity contribution is 0.243. The molecule has 1 aliphatic heterocycles. The van der Waals surface area contributed by atoms with Crippen molar-refractivity contribution in [1.82, 2.24) is 4.31 Å². The average Bonchev–Trinajstić information content (AvgIpc) is 2.39. The molecule has 0 bridgehead atoms. The Morgan fingerprint density at radius 3 is 2.68 bits per heavy atom. The largest absolute Gasteiger partial charge is 0.328 e. The standard InChI is InChI=1S/C14H22N2O2S/c1-12(15)14-8-5-9-16(10-14)19(17,18)11-13-6-3-2-4-7-13/h2-4,6-7,12,14H,5,8-11,15H2,1H3. The van der Waals surface area contributed by atoms with Crippen molar-refractivity contribution >= 4 is 10.0 Å². The minimum atomic E-state index is -3.23. The van der Waals surface area contributed by atoms with Crippen LogP contribution in [0.1, 0.15) is 25.3 Å². The number of hydrogen-bond donors (Lipinski definition) is 1. The molecular formula is C14H22N2O2S. The summed E-state index contributed by atoms with van der Waals surface area (Å²) in [5.74, 6) is 0.360. The monoisotopic (exact) mass is 282 g/mol. The summed E-state index contributed by atoms with van der Waals surface area (Å²) in [4.78, 5) is 0. The summed E-state index contributed by atoms with van der Waals surface area (Å²) in [7, 11) is -3.23. The van der Waals surface area contributed by atoms with Gasteiger partial charge in [-0.3, -0.25) is 0 Å². The van der Waals surface area contributed by atoms with Crippen molar-refractivity contribution in [2.75, 3.05) is 13.1 Å². The van der Waals surface area contributed by atoms with E-state index in [0.29, 0.717) is 13.1 Å². The van der Waals surface area contributed by atoms with Crippen LogP contribution in [-0.2, 0) is 15.8 Å². The Hall–Kier alpha value is -0.910. The van der Waals surface area contributed by atoms with E-state index in [1.807, 2.05) is 37.3 Å². The predicted octanol–water partition coefficient (Wildman–Crippen LogP) is 1.58. The van der Waals surface area contributed by atoms with Crippen molar-refractivity contribution in [1.29, 1.82) is 0 Å². The van der Waals surface area contributed by atoms with Crippen molar-refractivity contribution in [3.63, 3.8) is 0 Å². The first-order valence-corrected chi connectivity index (χ1v) is 8.37. The second kappa shape index (κ2) is 6.03. The molecule has 0 spiro atoms. The summed E-state index contributed by atoms with van der Waals surface area (Å²) in [6, 6.07) is 9.38. The van der Waals surface area contributed by atoms with Gasteiger partial charge in [0.25, 0.3) is 0 Å². The number of rotatable bonds is 4. The molecule has 0 saturated carbocycles. The van der Waals surface area contributed by atoms with Crippen LogP contribution in [0.3, 0.4) is 0 Å². The first-order chi connectivity index (χ1) is 8.99. The van der Waals surface area contributed by atoms with E-state index in [2.05, 4.69) is 0 Å². The third kappa shape index (κ3) is 3.78. The number of nitrogens with two attached hydrogens (primary N) is 1. The molecule has 2 atom stereocenters. The Bertz CT molecular complexity index is 499. The molecule has 5 heteroatoms. The fourth-order valence-electron chi connectivity index (χ4n) is 2.53. The summed E-state index contributed by atoms with van der Waals surface area (Å²) in [6.45, 7) is 3.14. The van der Waals surface area contributed by atoms with E-state index in [1.165, 1.54) is 0 Å². The average molecular weight is 282 g/mol. The molecule has 1 fully saturated rings. The zero-order valence-electron chi connectivity index (χ0n) is 11.3. The molecule has 1 saturated heterocycles. The molecule has 1 aromatic rings. The Labute approximate surface area is 115 Å². The van der Waals surface area contributed by atoms with E-state index < -0.39 is 10.0 Å². The van der Waals surface area contributed by atoms with Gasteiger partial charge in [-0.15, -0.1) is 0 Å². The molecule has 4 nitrogen and oxygen atoms in total. The van der Waals surface area contributed by atoms with E-state index in [-0.39, 0.29) is 17.7 Å². The first kappa shape index (κ1) is 14.5. The normalized spacial score (nSPS) is 23.2. The second-order valence-corrected chi connectivity index (χ2v) is 7.33. The van der Waals surface area contributed by atoms with E-state index in [1.54, 1.807) is 4.31 Å². The fraction of sp³-hybridized carbons (Fsp3) is 0.571. The number of nitrogens with zero attached hydrogens (tertiary/aromatic N) is 1. The van der Waals surface area contributed by atoms with Crippen LogP contribution in [0.25, 0.3) is 0 Å². The first-order valence-electron chi connectivity index (χ1n) is 6.76. The quantitative estimate of drug-likeness (QED) is 0.912. The molecule has 1 aromatic carbocycles. The molecule has 2 rings (SSSR count). The highest BCUT2D eigenvalue weighted by atomic mass is 32.2. The SMILES string of the molecule is CC(N)C1CCCN(S(=O)(=O)Cc2ccccc2)C1. The predicted molar refractivity (Wildman–Crippen MR) is 77.0 cm³/mol. The minimum absolute atomic E-state index is 0.0507. The lowest BCUT2D eigenvalue weighted by Crippen LogP contribution is -2.45. The molecule has 0 aromatic heterocycles. The Morgan fingerprint density at radius 1 is 1.37 bits per heavy atom. The molecule has 0 amide bonds. The van der Waals surface area contributed by atoms with Crippen LogP contribution in [0.5, 0.6) is 0 Å². The van der Waals surface area contributed by atoms with E-state index in [9.17, 15) is 8.42 Å². The number of hydrogen-bond acceptors (Lipinski definition) is 3. The molecule has 0 aliphatic carbocycles. The van der Waals surface area contributed by atoms with Crippen molar-refractivity contribution in [2.45, 2.75) is 31.6 Å². The van der Waals surface area contributed by atoms with Gasteiger partial charge in [-0.25, -0.2) is 12.7 Å². The third-order valence-electron chi connectivity index (χ3n) is 3.75. The maximum absolute atomic E-state index is 12.4. The van der Waals surface area contributed by atoms with Gasteiger partial charge >= 0.3 is 0 Å². The van der Waals surface area contributed by atoms with Crippen LogP contribution < -0.4 is 5.73 Å². The topological polar surface area (TPSA) is 63.4 Å². The van der Waals surface area contributed by atoms with E-state index >= 15 is 0 Å². The van der Waals surface area contributed by atoms with Crippen molar-refractivity contribution in [2.24, 2.45) is 11.7 Å². The molecule has 2 unspecified atom stereocenters. The maximum atomic E-state index is 12.4. The number of benzene rings is 1. The number of sulfonamides is 1. The van der Waals surface area contributed by atoms with Crippen molar-refractivity contribution in [3.05, 3.63) is 35.9 Å². The van der Waals surface area contributed by atoms with Gasteiger partial charge in [0.05, 0.1) is 5.75 Å². The fourth-order valence-corrected chi connectivity index (χ4v) is 4.15. The highest BCUT2D eigenvalue weighted by Crippen LogP contribution is 2.22. The van der Waals surface area contributed by atoms with Gasteiger partial charge < -0.3 is 5.73 Å². The smallest absolute Gasteiger partial charge is 0.218 e. The van der Waals surface area contributed by atoms with Gasteiger partial charge in [-0.2, -0.15) is 0 Å². The molecule has 106 valence electrons. The molecule has 0 radical (unpaired) electrons. The Morgan fingerprint density at radius 2 is 2.05 bits per heavy atom. The maximum Gasteiger partial charge on any atom is 0.218 e. The Balaban J connectivity index is 2.07. The molecule has 1 aliphatic rings. The number of piperidine rings is 1. The summed E-state index contributed by atoms with van der Waals surface area (Å²) in [6.07, 6.45) is 1.93. The van der Waals surface area contributed by atoms with Gasteiger partial charge in [0.15, 0.2) is 0 Å². The highest BCUT2D eigenvalue weighted by molar-refractivity contribution is 7.88. The molecular weight excluding hydrogens is 260 g/mol. The van der Waals surface area contributed by atoms with Crippen molar-refractivity contribution < 1.29 is 8.42 Å². The lowest BCUT2D eigenvalue weighted by Gasteiger charge is -2.33. The third-order valence-corrected chi connectivity index (χ3v) is 5.57. The van der Waals surface area contributed by atoms with Crippen molar-refractivity contribution in [3.8, 4) is 0 Å². The van der Waals surface area contributed by atoms with E-state index in [4.69, 9.17) is 5.73 Å². The van der Waals surface area contributed by atoms with Crippen LogP contribution in [0.15, 0.2) is 30.3 Å². The minimum Gasteiger partial charge on any atom is -0.328 e. The van der Waals surface area contributed by atoms with Gasteiger partial charge in [-0.05, 0) is 31.2 Å².